The molecule has 3 aromatic rings. The number of carbonyl (C=O) groups excluding carboxylic acids is 1. The van der Waals surface area contributed by atoms with Crippen LogP contribution in [0, 0.1) is 6.92 Å². The van der Waals surface area contributed by atoms with Crippen molar-refractivity contribution in [3.63, 3.8) is 0 Å². The quantitative estimate of drug-likeness (QED) is 0.547. The Labute approximate surface area is 193 Å². The Morgan fingerprint density at radius 1 is 1.12 bits per heavy atom. The fraction of sp³-hybridized carbons (Fsp3) is 0.304. The van der Waals surface area contributed by atoms with Crippen LogP contribution in [0.25, 0.3) is 0 Å². The van der Waals surface area contributed by atoms with Crippen LogP contribution in [-0.4, -0.2) is 48.3 Å². The lowest BCUT2D eigenvalue weighted by Crippen LogP contribution is -2.46. The summed E-state index contributed by atoms with van der Waals surface area (Å²) in [5, 5.41) is 5.11. The summed E-state index contributed by atoms with van der Waals surface area (Å²) >= 11 is 1.40. The maximum absolute atomic E-state index is 12.5. The van der Waals surface area contributed by atoms with Gasteiger partial charge in [0.2, 0.25) is 0 Å². The molecule has 1 N–H and O–H groups in total. The monoisotopic (exact) mass is 476 g/mol. The van der Waals surface area contributed by atoms with Gasteiger partial charge >= 0.3 is 6.36 Å². The van der Waals surface area contributed by atoms with Gasteiger partial charge in [-0.05, 0) is 36.8 Å². The molecule has 2 aromatic carbocycles. The number of aryl methyl sites for hydroxylation is 1. The number of benzene rings is 2. The second-order valence-corrected chi connectivity index (χ2v) is 8.63. The Hall–Kier alpha value is -3.11. The summed E-state index contributed by atoms with van der Waals surface area (Å²) in [6.45, 7) is 6.45. The van der Waals surface area contributed by atoms with Crippen LogP contribution in [0.2, 0.25) is 0 Å². The molecule has 0 bridgehead atoms. The fourth-order valence-electron chi connectivity index (χ4n) is 3.61. The molecule has 0 saturated carbocycles. The first-order valence-corrected chi connectivity index (χ1v) is 11.3. The summed E-state index contributed by atoms with van der Waals surface area (Å²) in [6.07, 6.45) is -4.76. The molecule has 1 amide bonds. The Bertz CT molecular complexity index is 1090. The summed E-state index contributed by atoms with van der Waals surface area (Å²) < 4.78 is 40.6. The summed E-state index contributed by atoms with van der Waals surface area (Å²) in [5.74, 6) is -0.766. The van der Waals surface area contributed by atoms with Crippen molar-refractivity contribution >= 4 is 28.1 Å². The normalized spacial score (nSPS) is 14.8. The van der Waals surface area contributed by atoms with Gasteiger partial charge in [-0.2, -0.15) is 0 Å². The highest BCUT2D eigenvalue weighted by atomic mass is 32.1. The van der Waals surface area contributed by atoms with Crippen molar-refractivity contribution in [1.82, 2.24) is 9.88 Å². The van der Waals surface area contributed by atoms with E-state index in [0.717, 1.165) is 50.0 Å². The third-order valence-electron chi connectivity index (χ3n) is 5.20. The van der Waals surface area contributed by atoms with Crippen LogP contribution in [0.5, 0.6) is 5.75 Å². The number of nitrogens with zero attached hydrogens (tertiary/aromatic N) is 3. The molecule has 0 spiro atoms. The number of anilines is 2. The van der Waals surface area contributed by atoms with E-state index >= 15 is 0 Å². The van der Waals surface area contributed by atoms with E-state index < -0.39 is 12.3 Å². The first-order valence-electron chi connectivity index (χ1n) is 10.4. The number of rotatable bonds is 6. The van der Waals surface area contributed by atoms with E-state index in [9.17, 15) is 18.0 Å². The Morgan fingerprint density at radius 2 is 1.85 bits per heavy atom. The van der Waals surface area contributed by atoms with Gasteiger partial charge in [0.25, 0.3) is 5.91 Å². The minimum absolute atomic E-state index is 0.271. The van der Waals surface area contributed by atoms with Gasteiger partial charge in [-0.3, -0.25) is 9.69 Å². The van der Waals surface area contributed by atoms with Crippen molar-refractivity contribution in [2.24, 2.45) is 0 Å². The van der Waals surface area contributed by atoms with E-state index in [0.29, 0.717) is 5.69 Å². The molecule has 33 heavy (non-hydrogen) atoms. The first-order chi connectivity index (χ1) is 15.7. The lowest BCUT2D eigenvalue weighted by molar-refractivity contribution is -0.274. The lowest BCUT2D eigenvalue weighted by Gasteiger charge is -2.34. The van der Waals surface area contributed by atoms with Gasteiger partial charge in [0.1, 0.15) is 11.4 Å². The van der Waals surface area contributed by atoms with Gasteiger partial charge < -0.3 is 15.0 Å². The van der Waals surface area contributed by atoms with Gasteiger partial charge in [-0.15, -0.1) is 24.5 Å². The zero-order chi connectivity index (χ0) is 23.4. The third kappa shape index (κ3) is 6.45. The van der Waals surface area contributed by atoms with Crippen LogP contribution in [0.1, 0.15) is 21.6 Å². The number of piperazine rings is 1. The van der Waals surface area contributed by atoms with E-state index in [2.05, 4.69) is 56.0 Å². The van der Waals surface area contributed by atoms with Gasteiger partial charge in [0.05, 0.1) is 0 Å². The van der Waals surface area contributed by atoms with Crippen molar-refractivity contribution in [2.45, 2.75) is 19.8 Å². The maximum atomic E-state index is 12.5. The number of halogens is 3. The second kappa shape index (κ2) is 9.80. The highest BCUT2D eigenvalue weighted by Gasteiger charge is 2.31. The van der Waals surface area contributed by atoms with Gasteiger partial charge in [-0.25, -0.2) is 4.98 Å². The van der Waals surface area contributed by atoms with Crippen LogP contribution in [0.15, 0.2) is 53.9 Å². The summed E-state index contributed by atoms with van der Waals surface area (Å²) in [6, 6.07) is 13.5. The first kappa shape index (κ1) is 23.1. The molecule has 0 atom stereocenters. The average molecular weight is 477 g/mol. The van der Waals surface area contributed by atoms with Crippen molar-refractivity contribution < 1.29 is 22.7 Å². The van der Waals surface area contributed by atoms with Crippen molar-refractivity contribution in [3.05, 3.63) is 70.7 Å². The van der Waals surface area contributed by atoms with E-state index in [1.807, 2.05) is 0 Å². The van der Waals surface area contributed by atoms with E-state index in [1.54, 1.807) is 5.38 Å². The van der Waals surface area contributed by atoms with E-state index in [1.165, 1.54) is 34.6 Å². The molecule has 1 saturated heterocycles. The molecule has 10 heteroatoms. The van der Waals surface area contributed by atoms with E-state index in [-0.39, 0.29) is 11.4 Å². The number of amides is 1. The van der Waals surface area contributed by atoms with Gasteiger partial charge in [-0.1, -0.05) is 29.8 Å². The van der Waals surface area contributed by atoms with E-state index in [4.69, 9.17) is 0 Å². The molecule has 0 radical (unpaired) electrons. The molecule has 1 aromatic heterocycles. The molecule has 2 heterocycles. The number of nitrogens with one attached hydrogen (secondary N) is 1. The second-order valence-electron chi connectivity index (χ2n) is 7.79. The summed E-state index contributed by atoms with van der Waals surface area (Å²) in [4.78, 5) is 21.5. The Kier molecular flexibility index (Phi) is 6.85. The lowest BCUT2D eigenvalue weighted by atomic mass is 10.1. The molecule has 6 nitrogen and oxygen atoms in total. The largest absolute Gasteiger partial charge is 0.573 e. The third-order valence-corrected chi connectivity index (χ3v) is 6.10. The number of hydrogen-bond donors (Lipinski definition) is 1. The number of hydrogen-bond acceptors (Lipinski definition) is 6. The van der Waals surface area contributed by atoms with Crippen LogP contribution in [-0.2, 0) is 6.54 Å². The number of aromatic nitrogens is 1. The topological polar surface area (TPSA) is 57.7 Å². The van der Waals surface area contributed by atoms with Gasteiger partial charge in [0.15, 0.2) is 5.13 Å². The predicted molar refractivity (Wildman–Crippen MR) is 122 cm³/mol. The smallest absolute Gasteiger partial charge is 0.406 e. The zero-order valence-corrected chi connectivity index (χ0v) is 18.7. The Morgan fingerprint density at radius 3 is 2.52 bits per heavy atom. The van der Waals surface area contributed by atoms with Gasteiger partial charge in [0, 0.05) is 43.8 Å². The zero-order valence-electron chi connectivity index (χ0n) is 17.9. The molecular formula is C23H23F3N4O2S. The summed E-state index contributed by atoms with van der Waals surface area (Å²) in [7, 11) is 0. The minimum Gasteiger partial charge on any atom is -0.406 e. The SMILES string of the molecule is Cc1cccc(CN2CCN(c3nc(C(=O)Nc4ccc(OC(F)(F)F)cc4)cs3)CC2)c1. The van der Waals surface area contributed by atoms with Crippen molar-refractivity contribution in [1.29, 1.82) is 0 Å². The highest BCUT2D eigenvalue weighted by Crippen LogP contribution is 2.25. The highest BCUT2D eigenvalue weighted by molar-refractivity contribution is 7.14. The molecule has 4 rings (SSSR count). The van der Waals surface area contributed by atoms with Crippen LogP contribution < -0.4 is 15.0 Å². The van der Waals surface area contributed by atoms with Crippen LogP contribution in [0.4, 0.5) is 24.0 Å². The average Bonchev–Trinajstić information content (AvgIpc) is 3.25. The number of ether oxygens (including phenoxy) is 1. The molecule has 0 aliphatic carbocycles. The summed E-state index contributed by atoms with van der Waals surface area (Å²) in [5.41, 5.74) is 3.18. The minimum atomic E-state index is -4.76. The molecule has 1 fully saturated rings. The van der Waals surface area contributed by atoms with Crippen molar-refractivity contribution in [2.75, 3.05) is 36.4 Å². The number of carbonyl (C=O) groups is 1. The Balaban J connectivity index is 1.29. The number of thiazole rings is 1. The fourth-order valence-corrected chi connectivity index (χ4v) is 4.47. The van der Waals surface area contributed by atoms with Crippen molar-refractivity contribution in [3.8, 4) is 5.75 Å². The molecule has 1 aliphatic heterocycles. The van der Waals surface area contributed by atoms with Crippen LogP contribution in [0.3, 0.4) is 0 Å². The number of alkyl halides is 3. The standard InChI is InChI=1S/C23H23F3N4O2S/c1-16-3-2-4-17(13-16)14-29-9-11-30(12-10-29)22-28-20(15-33-22)21(31)27-18-5-7-19(8-6-18)32-23(24,25)26/h2-8,13,15H,9-12,14H2,1H3,(H,27,31). The molecule has 0 unspecified atom stereocenters. The molecule has 1 aliphatic rings. The molecule has 174 valence electrons. The van der Waals surface area contributed by atoms with Crippen LogP contribution >= 0.6 is 11.3 Å². The maximum Gasteiger partial charge on any atom is 0.573 e. The predicted octanol–water partition coefficient (Wildman–Crippen LogP) is 4.92. The molecular weight excluding hydrogens is 453 g/mol.